The zero-order valence-electron chi connectivity index (χ0n) is 15.2. The van der Waals surface area contributed by atoms with Gasteiger partial charge in [0.25, 0.3) is 0 Å². The van der Waals surface area contributed by atoms with Crippen LogP contribution in [-0.4, -0.2) is 45.8 Å². The number of amides is 2. The summed E-state index contributed by atoms with van der Waals surface area (Å²) in [6.07, 6.45) is 9.32. The standard InChI is InChI=1S/C20H29N3O2/c1-21-11-5-8-17(21)18-7-2-3-13-23(18)20(25)16-6-4-12-22(14-16)19(24)15-9-10-15/h5,8,11,15-16,18H,2-4,6-7,9-10,12-14H2,1H3. The van der Waals surface area contributed by atoms with Crippen LogP contribution in [-0.2, 0) is 16.6 Å². The van der Waals surface area contributed by atoms with Gasteiger partial charge in [-0.15, -0.1) is 0 Å². The summed E-state index contributed by atoms with van der Waals surface area (Å²) >= 11 is 0. The number of carbonyl (C=O) groups excluding carboxylic acids is 2. The zero-order valence-corrected chi connectivity index (χ0v) is 15.2. The van der Waals surface area contributed by atoms with Gasteiger partial charge in [0.05, 0.1) is 12.0 Å². The van der Waals surface area contributed by atoms with Crippen LogP contribution in [0.3, 0.4) is 0 Å². The minimum Gasteiger partial charge on any atom is -0.353 e. The summed E-state index contributed by atoms with van der Waals surface area (Å²) in [7, 11) is 2.06. The van der Waals surface area contributed by atoms with Crippen molar-refractivity contribution in [2.24, 2.45) is 18.9 Å². The predicted octanol–water partition coefficient (Wildman–Crippen LogP) is 2.73. The lowest BCUT2D eigenvalue weighted by Gasteiger charge is -2.40. The monoisotopic (exact) mass is 343 g/mol. The van der Waals surface area contributed by atoms with E-state index in [9.17, 15) is 9.59 Å². The highest BCUT2D eigenvalue weighted by Gasteiger charge is 2.39. The molecule has 3 aliphatic rings. The Morgan fingerprint density at radius 1 is 0.960 bits per heavy atom. The predicted molar refractivity (Wildman–Crippen MR) is 95.7 cm³/mol. The maximum atomic E-state index is 13.3. The topological polar surface area (TPSA) is 45.6 Å². The van der Waals surface area contributed by atoms with E-state index in [0.29, 0.717) is 6.54 Å². The van der Waals surface area contributed by atoms with Crippen molar-refractivity contribution in [3.63, 3.8) is 0 Å². The molecule has 2 saturated heterocycles. The molecule has 3 fully saturated rings. The lowest BCUT2D eigenvalue weighted by atomic mass is 9.92. The minimum absolute atomic E-state index is 0.0164. The summed E-state index contributed by atoms with van der Waals surface area (Å²) in [5.41, 5.74) is 1.23. The van der Waals surface area contributed by atoms with Crippen molar-refractivity contribution in [2.75, 3.05) is 19.6 Å². The van der Waals surface area contributed by atoms with E-state index in [4.69, 9.17) is 0 Å². The number of aromatic nitrogens is 1. The van der Waals surface area contributed by atoms with Gasteiger partial charge in [-0.2, -0.15) is 0 Å². The Bertz CT molecular complexity index is 649. The first kappa shape index (κ1) is 16.7. The molecule has 5 heteroatoms. The molecule has 0 spiro atoms. The second-order valence-electron chi connectivity index (χ2n) is 7.98. The number of piperidine rings is 2. The average Bonchev–Trinajstić information content (AvgIpc) is 3.42. The molecule has 0 aromatic carbocycles. The molecule has 0 bridgehead atoms. The molecule has 2 aliphatic heterocycles. The summed E-state index contributed by atoms with van der Waals surface area (Å²) < 4.78 is 2.14. The first-order valence-electron chi connectivity index (χ1n) is 9.85. The van der Waals surface area contributed by atoms with Gasteiger partial charge in [-0.25, -0.2) is 0 Å². The summed E-state index contributed by atoms with van der Waals surface area (Å²) in [6, 6.07) is 4.39. The van der Waals surface area contributed by atoms with Gasteiger partial charge >= 0.3 is 0 Å². The number of aryl methyl sites for hydroxylation is 1. The molecule has 0 N–H and O–H groups in total. The minimum atomic E-state index is -0.0164. The molecule has 5 nitrogen and oxygen atoms in total. The van der Waals surface area contributed by atoms with Crippen LogP contribution in [0.2, 0.25) is 0 Å². The van der Waals surface area contributed by atoms with E-state index in [1.165, 1.54) is 12.1 Å². The fourth-order valence-electron chi connectivity index (χ4n) is 4.53. The Labute approximate surface area is 150 Å². The van der Waals surface area contributed by atoms with Crippen LogP contribution in [0.15, 0.2) is 18.3 Å². The van der Waals surface area contributed by atoms with Gasteiger partial charge in [-0.1, -0.05) is 0 Å². The van der Waals surface area contributed by atoms with E-state index in [0.717, 1.165) is 51.6 Å². The molecule has 1 aromatic rings. The molecule has 4 rings (SSSR count). The van der Waals surface area contributed by atoms with Gasteiger partial charge in [-0.05, 0) is 57.1 Å². The van der Waals surface area contributed by atoms with E-state index >= 15 is 0 Å². The van der Waals surface area contributed by atoms with Crippen molar-refractivity contribution in [3.05, 3.63) is 24.0 Å². The summed E-state index contributed by atoms with van der Waals surface area (Å²) in [5.74, 6) is 0.784. The van der Waals surface area contributed by atoms with Gasteiger partial charge in [0.2, 0.25) is 11.8 Å². The molecular weight excluding hydrogens is 314 g/mol. The molecule has 1 aromatic heterocycles. The Morgan fingerprint density at radius 2 is 1.80 bits per heavy atom. The third kappa shape index (κ3) is 3.33. The van der Waals surface area contributed by atoms with Gasteiger partial charge in [-0.3, -0.25) is 9.59 Å². The van der Waals surface area contributed by atoms with Crippen LogP contribution >= 0.6 is 0 Å². The van der Waals surface area contributed by atoms with E-state index in [1.54, 1.807) is 0 Å². The summed E-state index contributed by atoms with van der Waals surface area (Å²) in [5, 5.41) is 0. The molecule has 1 saturated carbocycles. The summed E-state index contributed by atoms with van der Waals surface area (Å²) in [4.78, 5) is 29.8. The largest absolute Gasteiger partial charge is 0.353 e. The van der Waals surface area contributed by atoms with Crippen molar-refractivity contribution in [1.82, 2.24) is 14.4 Å². The number of likely N-dealkylation sites (tertiary alicyclic amines) is 2. The quantitative estimate of drug-likeness (QED) is 0.847. The zero-order chi connectivity index (χ0) is 17.4. The lowest BCUT2D eigenvalue weighted by molar-refractivity contribution is -0.144. The molecular formula is C20H29N3O2. The fraction of sp³-hybridized carbons (Fsp3) is 0.700. The average molecular weight is 343 g/mol. The Morgan fingerprint density at radius 3 is 2.52 bits per heavy atom. The van der Waals surface area contributed by atoms with Gasteiger partial charge in [0.15, 0.2) is 0 Å². The van der Waals surface area contributed by atoms with Crippen molar-refractivity contribution in [2.45, 2.75) is 51.0 Å². The number of carbonyl (C=O) groups is 2. The lowest BCUT2D eigenvalue weighted by Crippen LogP contribution is -2.49. The normalized spacial score (nSPS) is 27.4. The van der Waals surface area contributed by atoms with Crippen LogP contribution in [0.1, 0.15) is 56.7 Å². The maximum absolute atomic E-state index is 13.3. The summed E-state index contributed by atoms with van der Waals surface area (Å²) in [6.45, 7) is 2.31. The highest BCUT2D eigenvalue weighted by Crippen LogP contribution is 2.35. The van der Waals surface area contributed by atoms with Crippen LogP contribution in [0, 0.1) is 11.8 Å². The van der Waals surface area contributed by atoms with Crippen molar-refractivity contribution < 1.29 is 9.59 Å². The first-order valence-corrected chi connectivity index (χ1v) is 9.85. The molecule has 0 radical (unpaired) electrons. The Kier molecular flexibility index (Phi) is 4.57. The van der Waals surface area contributed by atoms with Gasteiger partial charge in [0, 0.05) is 44.5 Å². The third-order valence-corrected chi connectivity index (χ3v) is 6.12. The van der Waals surface area contributed by atoms with Crippen molar-refractivity contribution in [3.8, 4) is 0 Å². The SMILES string of the molecule is Cn1cccc1C1CCCCN1C(=O)C1CCCN(C(=O)C2CC2)C1. The van der Waals surface area contributed by atoms with Crippen LogP contribution in [0.4, 0.5) is 0 Å². The van der Waals surface area contributed by atoms with Crippen molar-refractivity contribution >= 4 is 11.8 Å². The molecule has 1 aliphatic carbocycles. The molecule has 3 heterocycles. The number of hydrogen-bond acceptors (Lipinski definition) is 2. The molecule has 25 heavy (non-hydrogen) atoms. The smallest absolute Gasteiger partial charge is 0.228 e. The Balaban J connectivity index is 1.48. The van der Waals surface area contributed by atoms with Gasteiger partial charge in [0.1, 0.15) is 0 Å². The maximum Gasteiger partial charge on any atom is 0.228 e. The van der Waals surface area contributed by atoms with E-state index in [1.807, 2.05) is 4.90 Å². The highest BCUT2D eigenvalue weighted by atomic mass is 16.2. The van der Waals surface area contributed by atoms with Gasteiger partial charge < -0.3 is 14.4 Å². The van der Waals surface area contributed by atoms with Crippen LogP contribution < -0.4 is 0 Å². The fourth-order valence-corrected chi connectivity index (χ4v) is 4.53. The second kappa shape index (κ2) is 6.85. The number of nitrogens with zero attached hydrogens (tertiary/aromatic N) is 3. The number of rotatable bonds is 3. The Hall–Kier alpha value is -1.78. The highest BCUT2D eigenvalue weighted by molar-refractivity contribution is 5.83. The van der Waals surface area contributed by atoms with E-state index < -0.39 is 0 Å². The molecule has 2 amide bonds. The molecule has 2 unspecified atom stereocenters. The van der Waals surface area contributed by atoms with E-state index in [2.05, 4.69) is 34.8 Å². The van der Waals surface area contributed by atoms with Crippen LogP contribution in [0.5, 0.6) is 0 Å². The molecule has 136 valence electrons. The third-order valence-electron chi connectivity index (χ3n) is 6.12. The number of hydrogen-bond donors (Lipinski definition) is 0. The molecule has 2 atom stereocenters. The van der Waals surface area contributed by atoms with Crippen LogP contribution in [0.25, 0.3) is 0 Å². The second-order valence-corrected chi connectivity index (χ2v) is 7.98. The van der Waals surface area contributed by atoms with E-state index in [-0.39, 0.29) is 29.7 Å². The van der Waals surface area contributed by atoms with Crippen molar-refractivity contribution in [1.29, 1.82) is 0 Å². The first-order chi connectivity index (χ1) is 12.1.